The molecule has 0 saturated carbocycles. The molecule has 0 spiro atoms. The minimum Gasteiger partial charge on any atom is -0.445 e. The molecule has 1 amide bonds. The number of aliphatic hydroxyl groups excluding tert-OH is 1. The Kier molecular flexibility index (Phi) is 4.55. The van der Waals surface area contributed by atoms with E-state index in [0.29, 0.717) is 13.0 Å². The molecular formula is C13H18N2O3. The standard InChI is InChI=1S/C13H18N2O3/c16-12-8-14-7-6-11(12)15-13(17)18-9-10-4-2-1-3-5-10/h1-5,11-12,14,16H,6-9H2,(H,15,17). The van der Waals surface area contributed by atoms with Crippen LogP contribution in [0, 0.1) is 0 Å². The van der Waals surface area contributed by atoms with Crippen molar-refractivity contribution >= 4 is 6.09 Å². The molecule has 18 heavy (non-hydrogen) atoms. The minimum absolute atomic E-state index is 0.227. The number of piperidine rings is 1. The van der Waals surface area contributed by atoms with Crippen molar-refractivity contribution in [2.75, 3.05) is 13.1 Å². The maximum atomic E-state index is 11.6. The van der Waals surface area contributed by atoms with Crippen molar-refractivity contribution in [3.05, 3.63) is 35.9 Å². The van der Waals surface area contributed by atoms with Crippen molar-refractivity contribution in [2.24, 2.45) is 0 Å². The molecule has 0 aromatic heterocycles. The van der Waals surface area contributed by atoms with Crippen LogP contribution in [0.3, 0.4) is 0 Å². The fraction of sp³-hybridized carbons (Fsp3) is 0.462. The molecule has 0 aliphatic carbocycles. The fourth-order valence-corrected chi connectivity index (χ4v) is 1.93. The van der Waals surface area contributed by atoms with Gasteiger partial charge < -0.3 is 20.5 Å². The van der Waals surface area contributed by atoms with Crippen LogP contribution in [-0.2, 0) is 11.3 Å². The Bertz CT molecular complexity index is 383. The predicted octanol–water partition coefficient (Wildman–Crippen LogP) is 0.636. The van der Waals surface area contributed by atoms with Gasteiger partial charge in [0.05, 0.1) is 12.1 Å². The number of amides is 1. The van der Waals surface area contributed by atoms with Gasteiger partial charge in [-0.1, -0.05) is 30.3 Å². The summed E-state index contributed by atoms with van der Waals surface area (Å²) in [6.07, 6.45) is -0.324. The zero-order valence-corrected chi connectivity index (χ0v) is 10.1. The Morgan fingerprint density at radius 2 is 2.22 bits per heavy atom. The van der Waals surface area contributed by atoms with Gasteiger partial charge in [-0.05, 0) is 18.5 Å². The van der Waals surface area contributed by atoms with Gasteiger partial charge in [-0.15, -0.1) is 0 Å². The molecule has 2 rings (SSSR count). The van der Waals surface area contributed by atoms with E-state index >= 15 is 0 Å². The Balaban J connectivity index is 1.75. The third-order valence-corrected chi connectivity index (χ3v) is 2.97. The van der Waals surface area contributed by atoms with E-state index in [0.717, 1.165) is 12.1 Å². The molecule has 0 bridgehead atoms. The molecule has 1 heterocycles. The monoisotopic (exact) mass is 250 g/mol. The van der Waals surface area contributed by atoms with Crippen LogP contribution >= 0.6 is 0 Å². The van der Waals surface area contributed by atoms with Crippen LogP contribution in [-0.4, -0.2) is 36.4 Å². The molecule has 1 aromatic carbocycles. The molecule has 2 atom stereocenters. The quantitative estimate of drug-likeness (QED) is 0.736. The van der Waals surface area contributed by atoms with E-state index in [1.165, 1.54) is 0 Å². The maximum absolute atomic E-state index is 11.6. The molecule has 1 aliphatic heterocycles. The number of carbonyl (C=O) groups excluding carboxylic acids is 1. The van der Waals surface area contributed by atoms with Gasteiger partial charge in [0.1, 0.15) is 6.61 Å². The smallest absolute Gasteiger partial charge is 0.407 e. The molecule has 3 N–H and O–H groups in total. The van der Waals surface area contributed by atoms with E-state index in [2.05, 4.69) is 10.6 Å². The van der Waals surface area contributed by atoms with Crippen LogP contribution in [0.25, 0.3) is 0 Å². The molecule has 5 nitrogen and oxygen atoms in total. The number of rotatable bonds is 3. The maximum Gasteiger partial charge on any atom is 0.407 e. The first-order valence-corrected chi connectivity index (χ1v) is 6.11. The van der Waals surface area contributed by atoms with Crippen LogP contribution in [0.2, 0.25) is 0 Å². The first kappa shape index (κ1) is 12.9. The lowest BCUT2D eigenvalue weighted by atomic mass is 10.0. The summed E-state index contributed by atoms with van der Waals surface area (Å²) in [6, 6.07) is 9.27. The van der Waals surface area contributed by atoms with Crippen LogP contribution < -0.4 is 10.6 Å². The summed E-state index contributed by atoms with van der Waals surface area (Å²) in [5.74, 6) is 0. The Morgan fingerprint density at radius 3 is 2.94 bits per heavy atom. The summed E-state index contributed by atoms with van der Waals surface area (Å²) in [4.78, 5) is 11.6. The second-order valence-electron chi connectivity index (χ2n) is 4.37. The van der Waals surface area contributed by atoms with E-state index in [4.69, 9.17) is 4.74 Å². The van der Waals surface area contributed by atoms with Crippen LogP contribution in [0.1, 0.15) is 12.0 Å². The minimum atomic E-state index is -0.553. The summed E-state index contributed by atoms with van der Waals surface area (Å²) in [7, 11) is 0. The van der Waals surface area contributed by atoms with Gasteiger partial charge in [-0.3, -0.25) is 0 Å². The van der Waals surface area contributed by atoms with Gasteiger partial charge in [-0.25, -0.2) is 4.79 Å². The van der Waals surface area contributed by atoms with Crippen LogP contribution in [0.15, 0.2) is 30.3 Å². The zero-order valence-electron chi connectivity index (χ0n) is 10.1. The second-order valence-corrected chi connectivity index (χ2v) is 4.37. The van der Waals surface area contributed by atoms with E-state index in [9.17, 15) is 9.90 Å². The lowest BCUT2D eigenvalue weighted by Crippen LogP contribution is -2.52. The Labute approximate surface area is 106 Å². The van der Waals surface area contributed by atoms with Gasteiger partial charge in [0.25, 0.3) is 0 Å². The summed E-state index contributed by atoms with van der Waals surface area (Å²) in [5.41, 5.74) is 0.943. The molecule has 1 aromatic rings. The van der Waals surface area contributed by atoms with Crippen molar-refractivity contribution in [1.29, 1.82) is 0 Å². The highest BCUT2D eigenvalue weighted by atomic mass is 16.5. The second kappa shape index (κ2) is 6.37. The van der Waals surface area contributed by atoms with E-state index < -0.39 is 12.2 Å². The highest BCUT2D eigenvalue weighted by molar-refractivity contribution is 5.67. The molecule has 1 aliphatic rings. The van der Waals surface area contributed by atoms with E-state index in [1.807, 2.05) is 30.3 Å². The first-order valence-electron chi connectivity index (χ1n) is 6.11. The largest absolute Gasteiger partial charge is 0.445 e. The molecule has 0 radical (unpaired) electrons. The molecule has 1 saturated heterocycles. The van der Waals surface area contributed by atoms with E-state index in [-0.39, 0.29) is 12.6 Å². The number of alkyl carbamates (subject to hydrolysis) is 1. The summed E-state index contributed by atoms with van der Waals surface area (Å²) in [5, 5.41) is 15.4. The van der Waals surface area contributed by atoms with Crippen molar-refractivity contribution in [3.8, 4) is 0 Å². The molecular weight excluding hydrogens is 232 g/mol. The van der Waals surface area contributed by atoms with Crippen molar-refractivity contribution in [2.45, 2.75) is 25.2 Å². The zero-order chi connectivity index (χ0) is 12.8. The SMILES string of the molecule is O=C(NC1CCNCC1O)OCc1ccccc1. The Morgan fingerprint density at radius 1 is 1.44 bits per heavy atom. The average molecular weight is 250 g/mol. The highest BCUT2D eigenvalue weighted by Gasteiger charge is 2.24. The number of aliphatic hydroxyl groups is 1. The first-order chi connectivity index (χ1) is 8.75. The summed E-state index contributed by atoms with van der Waals surface area (Å²) >= 11 is 0. The van der Waals surface area contributed by atoms with Crippen LogP contribution in [0.4, 0.5) is 4.79 Å². The topological polar surface area (TPSA) is 70.6 Å². The Hall–Kier alpha value is -1.59. The van der Waals surface area contributed by atoms with Crippen LogP contribution in [0.5, 0.6) is 0 Å². The van der Waals surface area contributed by atoms with Gasteiger partial charge in [0.15, 0.2) is 0 Å². The van der Waals surface area contributed by atoms with Crippen molar-refractivity contribution < 1.29 is 14.6 Å². The lowest BCUT2D eigenvalue weighted by Gasteiger charge is -2.28. The van der Waals surface area contributed by atoms with Gasteiger partial charge in [-0.2, -0.15) is 0 Å². The van der Waals surface area contributed by atoms with E-state index in [1.54, 1.807) is 0 Å². The number of β-amino-alcohol motifs (C(OH)–C–C–N with tert-alkyl or cyclic N) is 1. The lowest BCUT2D eigenvalue weighted by molar-refractivity contribution is 0.0864. The summed E-state index contributed by atoms with van der Waals surface area (Å²) in [6.45, 7) is 1.54. The number of benzene rings is 1. The normalized spacial score (nSPS) is 23.4. The number of ether oxygens (including phenoxy) is 1. The molecule has 1 fully saturated rings. The molecule has 98 valence electrons. The van der Waals surface area contributed by atoms with Crippen molar-refractivity contribution in [3.63, 3.8) is 0 Å². The summed E-state index contributed by atoms with van der Waals surface area (Å²) < 4.78 is 5.10. The number of nitrogens with one attached hydrogen (secondary N) is 2. The van der Waals surface area contributed by atoms with Gasteiger partial charge >= 0.3 is 6.09 Å². The third-order valence-electron chi connectivity index (χ3n) is 2.97. The molecule has 5 heteroatoms. The van der Waals surface area contributed by atoms with Gasteiger partial charge in [0.2, 0.25) is 0 Å². The van der Waals surface area contributed by atoms with Crippen molar-refractivity contribution in [1.82, 2.24) is 10.6 Å². The number of hydrogen-bond acceptors (Lipinski definition) is 4. The average Bonchev–Trinajstić information content (AvgIpc) is 2.40. The molecule has 2 unspecified atom stereocenters. The number of carbonyl (C=O) groups is 1. The number of hydrogen-bond donors (Lipinski definition) is 3. The fourth-order valence-electron chi connectivity index (χ4n) is 1.93. The van der Waals surface area contributed by atoms with Gasteiger partial charge in [0, 0.05) is 6.54 Å². The third kappa shape index (κ3) is 3.72. The highest BCUT2D eigenvalue weighted by Crippen LogP contribution is 2.05. The predicted molar refractivity (Wildman–Crippen MR) is 67.0 cm³/mol.